The van der Waals surface area contributed by atoms with Crippen LogP contribution < -0.4 is 5.32 Å². The Balaban J connectivity index is 1.40. The molecule has 1 unspecified atom stereocenters. The summed E-state index contributed by atoms with van der Waals surface area (Å²) in [6.07, 6.45) is 6.53. The normalized spacial score (nSPS) is 28.3. The average Bonchev–Trinajstić information content (AvgIpc) is 3.29. The van der Waals surface area contributed by atoms with Crippen LogP contribution in [0.1, 0.15) is 31.2 Å². The predicted molar refractivity (Wildman–Crippen MR) is 91.0 cm³/mol. The minimum Gasteiger partial charge on any atom is -0.376 e. The van der Waals surface area contributed by atoms with Gasteiger partial charge in [0.05, 0.1) is 18.1 Å². The van der Waals surface area contributed by atoms with Crippen molar-refractivity contribution in [3.8, 4) is 0 Å². The van der Waals surface area contributed by atoms with Crippen LogP contribution in [0.15, 0.2) is 29.2 Å². The fourth-order valence-electron chi connectivity index (χ4n) is 3.68. The molecule has 3 rings (SSSR count). The van der Waals surface area contributed by atoms with Gasteiger partial charge in [-0.15, -0.1) is 0 Å². The van der Waals surface area contributed by atoms with E-state index in [1.54, 1.807) is 12.1 Å². The Morgan fingerprint density at radius 2 is 1.96 bits per heavy atom. The summed E-state index contributed by atoms with van der Waals surface area (Å²) in [5.74, 6) is 2.48. The molecule has 1 heterocycles. The van der Waals surface area contributed by atoms with E-state index in [9.17, 15) is 8.42 Å². The summed E-state index contributed by atoms with van der Waals surface area (Å²) >= 11 is 0. The molecule has 1 saturated carbocycles. The first-order chi connectivity index (χ1) is 11.0. The number of hydrogen-bond acceptors (Lipinski definition) is 4. The Morgan fingerprint density at radius 3 is 2.70 bits per heavy atom. The SMILES string of the molecule is CS(=O)(=O)c1ccc(COC[C@@H]2C[C@@H]2C2CCCNCC2)cc1. The lowest BCUT2D eigenvalue weighted by Crippen LogP contribution is -2.14. The molecular weight excluding hydrogens is 310 g/mol. The Kier molecular flexibility index (Phi) is 5.39. The molecule has 1 saturated heterocycles. The van der Waals surface area contributed by atoms with E-state index in [1.165, 1.54) is 45.0 Å². The zero-order valence-electron chi connectivity index (χ0n) is 13.8. The molecule has 1 N–H and O–H groups in total. The highest BCUT2D eigenvalue weighted by Gasteiger charge is 2.42. The summed E-state index contributed by atoms with van der Waals surface area (Å²) in [4.78, 5) is 0.366. The van der Waals surface area contributed by atoms with Gasteiger partial charge in [-0.3, -0.25) is 0 Å². The molecule has 2 aliphatic rings. The lowest BCUT2D eigenvalue weighted by molar-refractivity contribution is 0.104. The van der Waals surface area contributed by atoms with Gasteiger partial charge in [0.2, 0.25) is 0 Å². The van der Waals surface area contributed by atoms with Crippen LogP contribution in [0.25, 0.3) is 0 Å². The molecule has 23 heavy (non-hydrogen) atoms. The van der Waals surface area contributed by atoms with E-state index in [-0.39, 0.29) is 0 Å². The second kappa shape index (κ2) is 7.32. The van der Waals surface area contributed by atoms with Gasteiger partial charge < -0.3 is 10.1 Å². The highest BCUT2D eigenvalue weighted by Crippen LogP contribution is 2.47. The summed E-state index contributed by atoms with van der Waals surface area (Å²) in [7, 11) is -3.11. The first-order valence-corrected chi connectivity index (χ1v) is 10.5. The molecule has 1 aromatic rings. The maximum absolute atomic E-state index is 11.4. The molecule has 4 nitrogen and oxygen atoms in total. The first-order valence-electron chi connectivity index (χ1n) is 8.61. The van der Waals surface area contributed by atoms with Gasteiger partial charge in [-0.2, -0.15) is 0 Å². The summed E-state index contributed by atoms with van der Waals surface area (Å²) in [5, 5.41) is 3.48. The van der Waals surface area contributed by atoms with E-state index in [0.717, 1.165) is 29.9 Å². The van der Waals surface area contributed by atoms with Crippen molar-refractivity contribution in [2.75, 3.05) is 26.0 Å². The Labute approximate surface area is 139 Å². The van der Waals surface area contributed by atoms with Crippen LogP contribution in [0.2, 0.25) is 0 Å². The van der Waals surface area contributed by atoms with E-state index in [1.807, 2.05) is 12.1 Å². The second-order valence-electron chi connectivity index (χ2n) is 7.03. The van der Waals surface area contributed by atoms with Crippen molar-refractivity contribution in [2.24, 2.45) is 17.8 Å². The maximum atomic E-state index is 11.4. The molecule has 0 bridgehead atoms. The average molecular weight is 337 g/mol. The van der Waals surface area contributed by atoms with E-state index in [4.69, 9.17) is 4.74 Å². The van der Waals surface area contributed by atoms with Gasteiger partial charge in [-0.1, -0.05) is 12.1 Å². The van der Waals surface area contributed by atoms with E-state index in [2.05, 4.69) is 5.32 Å². The Bertz CT molecular complexity index is 604. The van der Waals surface area contributed by atoms with Crippen molar-refractivity contribution in [1.29, 1.82) is 0 Å². The van der Waals surface area contributed by atoms with Crippen LogP contribution in [0.5, 0.6) is 0 Å². The van der Waals surface area contributed by atoms with E-state index < -0.39 is 9.84 Å². The second-order valence-corrected chi connectivity index (χ2v) is 9.05. The van der Waals surface area contributed by atoms with Gasteiger partial charge in [0.1, 0.15) is 0 Å². The summed E-state index contributed by atoms with van der Waals surface area (Å²) in [5.41, 5.74) is 1.04. The van der Waals surface area contributed by atoms with Crippen molar-refractivity contribution < 1.29 is 13.2 Å². The fraction of sp³-hybridized carbons (Fsp3) is 0.667. The third-order valence-corrected chi connectivity index (χ3v) is 6.28. The maximum Gasteiger partial charge on any atom is 0.175 e. The fourth-order valence-corrected chi connectivity index (χ4v) is 4.31. The number of hydrogen-bond donors (Lipinski definition) is 1. The predicted octanol–water partition coefficient (Wildman–Crippen LogP) is 2.63. The number of nitrogens with one attached hydrogen (secondary N) is 1. The molecule has 5 heteroatoms. The minimum atomic E-state index is -3.11. The zero-order valence-corrected chi connectivity index (χ0v) is 14.6. The number of rotatable bonds is 6. The van der Waals surface area contributed by atoms with Gasteiger partial charge in [-0.25, -0.2) is 8.42 Å². The standard InChI is InChI=1S/C18H27NO3S/c1-23(20,21)17-6-4-14(5-7-17)12-22-13-16-11-18(16)15-3-2-9-19-10-8-15/h4-7,15-16,18-19H,2-3,8-13H2,1H3/t15?,16-,18+/m0/s1. The topological polar surface area (TPSA) is 55.4 Å². The molecule has 128 valence electrons. The van der Waals surface area contributed by atoms with Crippen LogP contribution in [0.3, 0.4) is 0 Å². The molecule has 1 aliphatic heterocycles. The molecule has 0 radical (unpaired) electrons. The first kappa shape index (κ1) is 16.9. The van der Waals surface area contributed by atoms with Crippen molar-refractivity contribution in [3.05, 3.63) is 29.8 Å². The monoisotopic (exact) mass is 337 g/mol. The quantitative estimate of drug-likeness (QED) is 0.867. The highest BCUT2D eigenvalue weighted by molar-refractivity contribution is 7.90. The lowest BCUT2D eigenvalue weighted by Gasteiger charge is -2.13. The molecule has 2 fully saturated rings. The molecule has 3 atom stereocenters. The molecule has 0 amide bonds. The number of ether oxygens (including phenoxy) is 1. The van der Waals surface area contributed by atoms with Gasteiger partial charge >= 0.3 is 0 Å². The summed E-state index contributed by atoms with van der Waals surface area (Å²) in [6.45, 7) is 3.75. The van der Waals surface area contributed by atoms with Crippen molar-refractivity contribution in [3.63, 3.8) is 0 Å². The van der Waals surface area contributed by atoms with Crippen LogP contribution in [0.4, 0.5) is 0 Å². The van der Waals surface area contributed by atoms with Crippen LogP contribution in [-0.2, 0) is 21.2 Å². The van der Waals surface area contributed by atoms with Gasteiger partial charge in [0, 0.05) is 6.26 Å². The van der Waals surface area contributed by atoms with Gasteiger partial charge in [0.25, 0.3) is 0 Å². The third kappa shape index (κ3) is 4.78. The molecule has 1 aliphatic carbocycles. The summed E-state index contributed by atoms with van der Waals surface area (Å²) < 4.78 is 28.7. The zero-order chi connectivity index (χ0) is 16.3. The van der Waals surface area contributed by atoms with Crippen LogP contribution >= 0.6 is 0 Å². The Hall–Kier alpha value is -0.910. The smallest absolute Gasteiger partial charge is 0.175 e. The van der Waals surface area contributed by atoms with Crippen molar-refractivity contribution in [1.82, 2.24) is 5.32 Å². The van der Waals surface area contributed by atoms with Crippen LogP contribution in [-0.4, -0.2) is 34.4 Å². The van der Waals surface area contributed by atoms with E-state index in [0.29, 0.717) is 11.5 Å². The third-order valence-electron chi connectivity index (χ3n) is 5.16. The van der Waals surface area contributed by atoms with Crippen molar-refractivity contribution in [2.45, 2.75) is 37.2 Å². The van der Waals surface area contributed by atoms with Crippen molar-refractivity contribution >= 4 is 9.84 Å². The largest absolute Gasteiger partial charge is 0.376 e. The van der Waals surface area contributed by atoms with Gasteiger partial charge in [0.15, 0.2) is 9.84 Å². The van der Waals surface area contributed by atoms with E-state index >= 15 is 0 Å². The number of sulfone groups is 1. The summed E-state index contributed by atoms with van der Waals surface area (Å²) in [6, 6.07) is 7.01. The lowest BCUT2D eigenvalue weighted by atomic mass is 9.94. The molecule has 0 spiro atoms. The highest BCUT2D eigenvalue weighted by atomic mass is 32.2. The van der Waals surface area contributed by atoms with Gasteiger partial charge in [-0.05, 0) is 74.2 Å². The molecule has 0 aromatic heterocycles. The molecular formula is C18H27NO3S. The Morgan fingerprint density at radius 1 is 1.17 bits per heavy atom. The minimum absolute atomic E-state index is 0.366. The molecule has 1 aromatic carbocycles. The number of benzene rings is 1. The van der Waals surface area contributed by atoms with Crippen LogP contribution in [0, 0.1) is 17.8 Å².